The molecule has 0 spiro atoms. The van der Waals surface area contributed by atoms with Crippen LogP contribution in [-0.2, 0) is 11.3 Å². The minimum absolute atomic E-state index is 0.0946. The predicted octanol–water partition coefficient (Wildman–Crippen LogP) is 3.43. The van der Waals surface area contributed by atoms with Crippen molar-refractivity contribution in [2.75, 3.05) is 18.9 Å². The highest BCUT2D eigenvalue weighted by Crippen LogP contribution is 2.21. The van der Waals surface area contributed by atoms with E-state index in [0.29, 0.717) is 6.54 Å². The summed E-state index contributed by atoms with van der Waals surface area (Å²) in [5.41, 5.74) is 2.33. The number of hydrogen-bond donors (Lipinski definition) is 1. The second kappa shape index (κ2) is 7.13. The van der Waals surface area contributed by atoms with E-state index in [9.17, 15) is 4.79 Å². The van der Waals surface area contributed by atoms with Gasteiger partial charge in [0.1, 0.15) is 0 Å². The van der Waals surface area contributed by atoms with Gasteiger partial charge in [0.25, 0.3) is 0 Å². The molecule has 1 aromatic rings. The number of benzene rings is 1. The fraction of sp³-hybridized carbons (Fsp3) is 0.471. The number of rotatable bonds is 5. The van der Waals surface area contributed by atoms with Crippen LogP contribution >= 0.6 is 0 Å². The average Bonchev–Trinajstić information content (AvgIpc) is 2.47. The lowest BCUT2D eigenvalue weighted by molar-refractivity contribution is -0.128. The fourth-order valence-corrected chi connectivity index (χ4v) is 2.49. The molecule has 0 aromatic heterocycles. The Bertz CT molecular complexity index is 482. The molecular formula is C17H24N2O. The Kier molecular flexibility index (Phi) is 5.22. The van der Waals surface area contributed by atoms with Gasteiger partial charge in [0, 0.05) is 32.7 Å². The van der Waals surface area contributed by atoms with Crippen LogP contribution in [0.4, 0.5) is 5.69 Å². The third-order valence-electron chi connectivity index (χ3n) is 3.92. The van der Waals surface area contributed by atoms with Gasteiger partial charge in [0.05, 0.1) is 0 Å². The van der Waals surface area contributed by atoms with Crippen LogP contribution in [-0.4, -0.2) is 24.4 Å². The van der Waals surface area contributed by atoms with Crippen LogP contribution in [0.3, 0.4) is 0 Å². The van der Waals surface area contributed by atoms with Crippen LogP contribution in [0, 0.1) is 5.92 Å². The third kappa shape index (κ3) is 4.12. The molecule has 0 bridgehead atoms. The molecule has 0 fully saturated rings. The molecule has 3 nitrogen and oxygen atoms in total. The van der Waals surface area contributed by atoms with Crippen LogP contribution in [0.25, 0.3) is 0 Å². The molecule has 1 atom stereocenters. The van der Waals surface area contributed by atoms with Crippen LogP contribution in [0.2, 0.25) is 0 Å². The number of anilines is 1. The van der Waals surface area contributed by atoms with Crippen molar-refractivity contribution >= 4 is 11.6 Å². The first-order valence-electron chi connectivity index (χ1n) is 7.35. The zero-order chi connectivity index (χ0) is 14.4. The topological polar surface area (TPSA) is 32.3 Å². The second-order valence-electron chi connectivity index (χ2n) is 5.56. The van der Waals surface area contributed by atoms with Gasteiger partial charge < -0.3 is 10.2 Å². The van der Waals surface area contributed by atoms with Gasteiger partial charge in [0.15, 0.2) is 0 Å². The molecule has 1 N–H and O–H groups in total. The van der Waals surface area contributed by atoms with Gasteiger partial charge in [-0.25, -0.2) is 0 Å². The van der Waals surface area contributed by atoms with E-state index < -0.39 is 0 Å². The van der Waals surface area contributed by atoms with Crippen molar-refractivity contribution in [3.8, 4) is 0 Å². The maximum absolute atomic E-state index is 11.4. The molecule has 0 saturated carbocycles. The first-order valence-corrected chi connectivity index (χ1v) is 7.35. The van der Waals surface area contributed by atoms with Crippen molar-refractivity contribution < 1.29 is 4.79 Å². The molecule has 0 radical (unpaired) electrons. The highest BCUT2D eigenvalue weighted by Gasteiger charge is 2.11. The number of carbonyl (C=O) groups is 1. The van der Waals surface area contributed by atoms with Crippen molar-refractivity contribution in [3.63, 3.8) is 0 Å². The van der Waals surface area contributed by atoms with Crippen LogP contribution in [0.1, 0.15) is 31.7 Å². The Balaban J connectivity index is 1.96. The van der Waals surface area contributed by atoms with Crippen LogP contribution < -0.4 is 5.32 Å². The summed E-state index contributed by atoms with van der Waals surface area (Å²) < 4.78 is 0. The lowest BCUT2D eigenvalue weighted by Gasteiger charge is -2.22. The zero-order valence-corrected chi connectivity index (χ0v) is 12.4. The van der Waals surface area contributed by atoms with Crippen molar-refractivity contribution in [1.82, 2.24) is 4.90 Å². The smallest absolute Gasteiger partial charge is 0.219 e. The van der Waals surface area contributed by atoms with Crippen molar-refractivity contribution in [1.29, 1.82) is 0 Å². The van der Waals surface area contributed by atoms with Gasteiger partial charge >= 0.3 is 0 Å². The number of allylic oxidation sites excluding steroid dienone is 2. The summed E-state index contributed by atoms with van der Waals surface area (Å²) in [6.07, 6.45) is 8.18. The van der Waals surface area contributed by atoms with E-state index in [-0.39, 0.29) is 5.91 Å². The zero-order valence-electron chi connectivity index (χ0n) is 12.4. The maximum atomic E-state index is 11.4. The lowest BCUT2D eigenvalue weighted by atomic mass is 9.94. The van der Waals surface area contributed by atoms with Gasteiger partial charge in [-0.15, -0.1) is 0 Å². The molecule has 0 saturated heterocycles. The first kappa shape index (κ1) is 14.6. The standard InChI is InChI=1S/C17H24N2O/c1-14(20)19(2)13-16-10-6-7-11-17(16)18-12-15-8-4-3-5-9-15/h3-4,6-7,10-11,15,18H,5,8-9,12-13H2,1-2H3. The van der Waals surface area contributed by atoms with Gasteiger partial charge in [-0.3, -0.25) is 4.79 Å². The molecule has 1 aromatic carbocycles. The van der Waals surface area contributed by atoms with Gasteiger partial charge in [-0.1, -0.05) is 30.4 Å². The number of hydrogen-bond acceptors (Lipinski definition) is 2. The molecule has 0 aliphatic heterocycles. The highest BCUT2D eigenvalue weighted by molar-refractivity contribution is 5.73. The fourth-order valence-electron chi connectivity index (χ4n) is 2.49. The van der Waals surface area contributed by atoms with E-state index in [1.165, 1.54) is 24.8 Å². The van der Waals surface area contributed by atoms with Crippen molar-refractivity contribution in [3.05, 3.63) is 42.0 Å². The number of amides is 1. The van der Waals surface area contributed by atoms with E-state index >= 15 is 0 Å². The first-order chi connectivity index (χ1) is 9.66. The molecule has 1 aliphatic rings. The molecule has 1 amide bonds. The predicted molar refractivity (Wildman–Crippen MR) is 83.6 cm³/mol. The Morgan fingerprint density at radius 3 is 2.85 bits per heavy atom. The minimum Gasteiger partial charge on any atom is -0.384 e. The van der Waals surface area contributed by atoms with Crippen molar-refractivity contribution in [2.24, 2.45) is 5.92 Å². The average molecular weight is 272 g/mol. The summed E-state index contributed by atoms with van der Waals surface area (Å²) in [7, 11) is 1.84. The van der Waals surface area contributed by atoms with E-state index in [0.717, 1.165) is 18.2 Å². The summed E-state index contributed by atoms with van der Waals surface area (Å²) in [5, 5.41) is 3.56. The quantitative estimate of drug-likeness (QED) is 0.833. The van der Waals surface area contributed by atoms with E-state index in [1.807, 2.05) is 19.2 Å². The minimum atomic E-state index is 0.0946. The molecule has 108 valence electrons. The normalized spacial score (nSPS) is 17.8. The number of nitrogens with one attached hydrogen (secondary N) is 1. The Morgan fingerprint density at radius 1 is 1.35 bits per heavy atom. The Morgan fingerprint density at radius 2 is 2.15 bits per heavy atom. The third-order valence-corrected chi connectivity index (χ3v) is 3.92. The van der Waals surface area contributed by atoms with E-state index in [2.05, 4.69) is 29.6 Å². The molecule has 1 unspecified atom stereocenters. The molecule has 2 rings (SSSR count). The number of carbonyl (C=O) groups excluding carboxylic acids is 1. The summed E-state index contributed by atoms with van der Waals surface area (Å²) >= 11 is 0. The lowest BCUT2D eigenvalue weighted by Crippen LogP contribution is -2.24. The molecule has 1 aliphatic carbocycles. The van der Waals surface area contributed by atoms with Gasteiger partial charge in [0.2, 0.25) is 5.91 Å². The SMILES string of the molecule is CC(=O)N(C)Cc1ccccc1NCC1CC=CCC1. The van der Waals surface area contributed by atoms with Crippen molar-refractivity contribution in [2.45, 2.75) is 32.7 Å². The van der Waals surface area contributed by atoms with Crippen LogP contribution in [0.15, 0.2) is 36.4 Å². The van der Waals surface area contributed by atoms with E-state index in [4.69, 9.17) is 0 Å². The summed E-state index contributed by atoms with van der Waals surface area (Å²) in [4.78, 5) is 13.1. The maximum Gasteiger partial charge on any atom is 0.219 e. The Labute approximate surface area is 121 Å². The Hall–Kier alpha value is -1.77. The number of nitrogens with zero attached hydrogens (tertiary/aromatic N) is 1. The van der Waals surface area contributed by atoms with Crippen LogP contribution in [0.5, 0.6) is 0 Å². The van der Waals surface area contributed by atoms with Gasteiger partial charge in [-0.2, -0.15) is 0 Å². The van der Waals surface area contributed by atoms with Gasteiger partial charge in [-0.05, 0) is 36.8 Å². The number of para-hydroxylation sites is 1. The molecule has 0 heterocycles. The summed E-state index contributed by atoms with van der Waals surface area (Å²) in [6, 6.07) is 8.25. The molecule has 3 heteroatoms. The summed E-state index contributed by atoms with van der Waals surface area (Å²) in [6.45, 7) is 3.26. The van der Waals surface area contributed by atoms with E-state index in [1.54, 1.807) is 11.8 Å². The highest BCUT2D eigenvalue weighted by atomic mass is 16.2. The largest absolute Gasteiger partial charge is 0.384 e. The second-order valence-corrected chi connectivity index (χ2v) is 5.56. The summed E-state index contributed by atoms with van der Waals surface area (Å²) in [5.74, 6) is 0.816. The monoisotopic (exact) mass is 272 g/mol. The molecular weight excluding hydrogens is 248 g/mol. The molecule has 20 heavy (non-hydrogen) atoms.